The number of hydrogen-bond donors (Lipinski definition) is 2. The summed E-state index contributed by atoms with van der Waals surface area (Å²) < 4.78 is 26.8. The minimum atomic E-state index is -2.50. The van der Waals surface area contributed by atoms with Crippen LogP contribution in [0, 0.1) is 5.92 Å². The number of rotatable bonds is 8. The SMILES string of the molecule is O=C1CC[C@H](N2Cc3cc(N4CCN(CC5CCN(c6ccc(C7=C(c8ccc(C(F)F)cc8)CCCc8cc(O)ccc87)cc6)CC5)CC4)ccc3C2=O)C(=O)N1. The van der Waals surface area contributed by atoms with Crippen molar-refractivity contribution in [2.75, 3.05) is 55.6 Å². The molecule has 1 atom stereocenters. The second-order valence-corrected chi connectivity index (χ2v) is 16.5. The molecule has 0 radical (unpaired) electrons. The summed E-state index contributed by atoms with van der Waals surface area (Å²) in [4.78, 5) is 46.3. The number of phenols is 1. The first-order valence-corrected chi connectivity index (χ1v) is 20.7. The minimum absolute atomic E-state index is 0.0237. The Morgan fingerprint density at radius 3 is 2.10 bits per heavy atom. The standard InChI is InChI=1S/C47H49F2N5O4/c48-45(49)33-6-4-31(5-7-33)39-3-1-2-34-27-38(55)13-15-40(34)44(39)32-8-10-36(11-9-32)52-20-18-30(19-21-52)28-51-22-24-53(25-23-51)37-12-14-41-35(26-37)29-54(47(41)58)42-16-17-43(56)50-46(42)57/h4-15,26-27,30,42,45,55H,1-3,16-25,28-29H2,(H,50,56,57)/t42-/m0/s1. The number of nitrogens with one attached hydrogen (secondary N) is 1. The highest BCUT2D eigenvalue weighted by atomic mass is 19.3. The zero-order valence-electron chi connectivity index (χ0n) is 32.6. The molecule has 5 aliphatic rings. The van der Waals surface area contributed by atoms with Gasteiger partial charge in [0.2, 0.25) is 11.8 Å². The van der Waals surface area contributed by atoms with E-state index in [-0.39, 0.29) is 35.5 Å². The molecular weight excluding hydrogens is 737 g/mol. The van der Waals surface area contributed by atoms with E-state index in [1.807, 2.05) is 36.4 Å². The summed E-state index contributed by atoms with van der Waals surface area (Å²) in [7, 11) is 0. The van der Waals surface area contributed by atoms with E-state index in [2.05, 4.69) is 50.3 Å². The van der Waals surface area contributed by atoms with E-state index in [9.17, 15) is 28.3 Å². The number of allylic oxidation sites excluding steroid dienone is 1. The lowest BCUT2D eigenvalue weighted by Gasteiger charge is -2.40. The zero-order chi connectivity index (χ0) is 39.9. The highest BCUT2D eigenvalue weighted by molar-refractivity contribution is 6.05. The average Bonchev–Trinajstić information content (AvgIpc) is 3.44. The maximum Gasteiger partial charge on any atom is 0.263 e. The van der Waals surface area contributed by atoms with Gasteiger partial charge in [-0.2, -0.15) is 0 Å². The van der Waals surface area contributed by atoms with E-state index in [0.29, 0.717) is 24.4 Å². The summed E-state index contributed by atoms with van der Waals surface area (Å²) in [5.74, 6) is 0.0777. The second kappa shape index (κ2) is 16.0. The van der Waals surface area contributed by atoms with Gasteiger partial charge in [-0.3, -0.25) is 24.6 Å². The van der Waals surface area contributed by atoms with Gasteiger partial charge in [0.1, 0.15) is 11.8 Å². The van der Waals surface area contributed by atoms with Gasteiger partial charge in [0.15, 0.2) is 0 Å². The number of imide groups is 1. The molecule has 1 aliphatic carbocycles. The van der Waals surface area contributed by atoms with E-state index in [1.54, 1.807) is 11.0 Å². The molecule has 0 bridgehead atoms. The van der Waals surface area contributed by atoms with Gasteiger partial charge in [-0.25, -0.2) is 8.78 Å². The Bertz CT molecular complexity index is 2240. The lowest BCUT2D eigenvalue weighted by molar-refractivity contribution is -0.136. The normalized spacial score (nSPS) is 20.7. The van der Waals surface area contributed by atoms with E-state index < -0.39 is 12.5 Å². The van der Waals surface area contributed by atoms with Crippen LogP contribution in [0.1, 0.15) is 88.7 Å². The molecule has 3 amide bonds. The largest absolute Gasteiger partial charge is 0.508 e. The van der Waals surface area contributed by atoms with Crippen molar-refractivity contribution in [2.45, 2.75) is 64.0 Å². The molecule has 0 spiro atoms. The van der Waals surface area contributed by atoms with Crippen LogP contribution in [-0.2, 0) is 22.6 Å². The molecule has 9 rings (SSSR count). The molecule has 3 fully saturated rings. The predicted octanol–water partition coefficient (Wildman–Crippen LogP) is 7.42. The monoisotopic (exact) mass is 785 g/mol. The van der Waals surface area contributed by atoms with Crippen LogP contribution in [0.25, 0.3) is 11.1 Å². The molecule has 9 nitrogen and oxygen atoms in total. The number of piperidine rings is 2. The molecule has 4 aliphatic heterocycles. The fourth-order valence-corrected chi connectivity index (χ4v) is 9.75. The molecule has 2 N–H and O–H groups in total. The van der Waals surface area contributed by atoms with Crippen LogP contribution in [0.2, 0.25) is 0 Å². The first-order valence-electron chi connectivity index (χ1n) is 20.7. The average molecular weight is 786 g/mol. The number of carbonyl (C=O) groups is 3. The number of alkyl halides is 2. The van der Waals surface area contributed by atoms with Crippen molar-refractivity contribution in [3.05, 3.63) is 124 Å². The van der Waals surface area contributed by atoms with Gasteiger partial charge in [-0.05, 0) is 126 Å². The third-order valence-corrected chi connectivity index (χ3v) is 12.9. The summed E-state index contributed by atoms with van der Waals surface area (Å²) in [5, 5.41) is 12.7. The van der Waals surface area contributed by atoms with E-state index in [0.717, 1.165) is 123 Å². The van der Waals surface area contributed by atoms with Crippen LogP contribution in [0.15, 0.2) is 84.9 Å². The van der Waals surface area contributed by atoms with Gasteiger partial charge in [0, 0.05) is 81.3 Å². The maximum absolute atomic E-state index is 13.4. The summed E-state index contributed by atoms with van der Waals surface area (Å²) >= 11 is 0. The quantitative estimate of drug-likeness (QED) is 0.180. The zero-order valence-corrected chi connectivity index (χ0v) is 32.6. The number of phenolic OH excluding ortho intramolecular Hbond substituents is 1. The lowest BCUT2D eigenvalue weighted by atomic mass is 9.87. The lowest BCUT2D eigenvalue weighted by Crippen LogP contribution is -2.52. The Kier molecular flexibility index (Phi) is 10.5. The number of amides is 3. The number of nitrogens with zero attached hydrogens (tertiary/aromatic N) is 4. The molecular formula is C47H49F2N5O4. The fraction of sp³-hybridized carbons (Fsp3) is 0.383. The Hall–Kier alpha value is -5.55. The Morgan fingerprint density at radius 1 is 0.690 bits per heavy atom. The Labute approximate surface area is 337 Å². The molecule has 0 aromatic heterocycles. The third kappa shape index (κ3) is 7.59. The van der Waals surface area contributed by atoms with Crippen molar-refractivity contribution in [3.8, 4) is 5.75 Å². The van der Waals surface area contributed by atoms with E-state index in [1.165, 1.54) is 17.8 Å². The summed E-state index contributed by atoms with van der Waals surface area (Å²) in [6.07, 6.45) is 2.92. The third-order valence-electron chi connectivity index (χ3n) is 12.9. The number of benzene rings is 4. The van der Waals surface area contributed by atoms with Gasteiger partial charge in [-0.15, -0.1) is 0 Å². The smallest absolute Gasteiger partial charge is 0.263 e. The number of aromatic hydroxyl groups is 1. The summed E-state index contributed by atoms with van der Waals surface area (Å²) in [6.45, 7) is 7.27. The number of piperazine rings is 1. The minimum Gasteiger partial charge on any atom is -0.508 e. The Morgan fingerprint density at radius 2 is 1.38 bits per heavy atom. The molecule has 58 heavy (non-hydrogen) atoms. The van der Waals surface area contributed by atoms with Crippen LogP contribution < -0.4 is 15.1 Å². The number of carbonyl (C=O) groups excluding carboxylic acids is 3. The van der Waals surface area contributed by atoms with Crippen LogP contribution >= 0.6 is 0 Å². The predicted molar refractivity (Wildman–Crippen MR) is 221 cm³/mol. The van der Waals surface area contributed by atoms with Crippen LogP contribution in [0.5, 0.6) is 5.75 Å². The first kappa shape index (κ1) is 38.0. The van der Waals surface area contributed by atoms with Gasteiger partial charge in [0.05, 0.1) is 0 Å². The summed E-state index contributed by atoms with van der Waals surface area (Å²) in [5.41, 5.74) is 10.4. The van der Waals surface area contributed by atoms with Gasteiger partial charge in [0.25, 0.3) is 12.3 Å². The van der Waals surface area contributed by atoms with Crippen molar-refractivity contribution >= 4 is 40.2 Å². The highest BCUT2D eigenvalue weighted by Gasteiger charge is 2.39. The van der Waals surface area contributed by atoms with Crippen LogP contribution in [0.4, 0.5) is 20.2 Å². The number of anilines is 2. The molecule has 4 aromatic rings. The second-order valence-electron chi connectivity index (χ2n) is 16.5. The van der Waals surface area contributed by atoms with Gasteiger partial charge >= 0.3 is 0 Å². The van der Waals surface area contributed by atoms with Crippen molar-refractivity contribution in [2.24, 2.45) is 5.92 Å². The van der Waals surface area contributed by atoms with E-state index in [4.69, 9.17) is 0 Å². The Balaban J connectivity index is 0.808. The molecule has 300 valence electrons. The van der Waals surface area contributed by atoms with E-state index >= 15 is 0 Å². The fourth-order valence-electron chi connectivity index (χ4n) is 9.75. The molecule has 0 saturated carbocycles. The number of hydrogen-bond acceptors (Lipinski definition) is 7. The van der Waals surface area contributed by atoms with Gasteiger partial charge < -0.3 is 19.8 Å². The van der Waals surface area contributed by atoms with Crippen molar-refractivity contribution in [1.82, 2.24) is 15.1 Å². The maximum atomic E-state index is 13.4. The van der Waals surface area contributed by atoms with Crippen molar-refractivity contribution < 1.29 is 28.3 Å². The van der Waals surface area contributed by atoms with Crippen molar-refractivity contribution in [1.29, 1.82) is 0 Å². The van der Waals surface area contributed by atoms with Crippen LogP contribution in [-0.4, -0.2) is 84.5 Å². The highest BCUT2D eigenvalue weighted by Crippen LogP contribution is 2.42. The topological polar surface area (TPSA) is 96.4 Å². The molecule has 3 saturated heterocycles. The summed E-state index contributed by atoms with van der Waals surface area (Å²) in [6, 6.07) is 26.5. The molecule has 0 unspecified atom stereocenters. The molecule has 4 aromatic carbocycles. The van der Waals surface area contributed by atoms with Crippen LogP contribution in [0.3, 0.4) is 0 Å². The molecule has 4 heterocycles. The first-order chi connectivity index (χ1) is 28.2. The van der Waals surface area contributed by atoms with Gasteiger partial charge in [-0.1, -0.05) is 42.5 Å². The number of fused-ring (bicyclic) bond motifs is 2. The molecule has 11 heteroatoms. The number of aryl methyl sites for hydroxylation is 1. The number of halogens is 2. The van der Waals surface area contributed by atoms with Crippen molar-refractivity contribution in [3.63, 3.8) is 0 Å².